The van der Waals surface area contributed by atoms with Gasteiger partial charge in [-0.2, -0.15) is 0 Å². The van der Waals surface area contributed by atoms with Gasteiger partial charge in [0.25, 0.3) is 11.8 Å². The number of hydrogen-bond acceptors (Lipinski definition) is 4. The Hall–Kier alpha value is -2.69. The summed E-state index contributed by atoms with van der Waals surface area (Å²) in [6.07, 6.45) is 0. The molecular weight excluding hydrogens is 258 g/mol. The van der Waals surface area contributed by atoms with Crippen LogP contribution in [0.1, 0.15) is 27.6 Å². The number of benzene rings is 2. The first-order valence-electron chi connectivity index (χ1n) is 6.13. The Morgan fingerprint density at radius 1 is 1.05 bits per heavy atom. The van der Waals surface area contributed by atoms with Crippen molar-refractivity contribution in [3.8, 4) is 0 Å². The van der Waals surface area contributed by atoms with Crippen molar-refractivity contribution in [1.29, 1.82) is 0 Å². The molecule has 100 valence electrons. The number of imide groups is 1. The lowest BCUT2D eigenvalue weighted by Crippen LogP contribution is -2.53. The maximum Gasteiger partial charge on any atom is 0.262 e. The molecule has 1 aliphatic rings. The van der Waals surface area contributed by atoms with E-state index in [0.29, 0.717) is 16.5 Å². The van der Waals surface area contributed by atoms with Crippen molar-refractivity contribution in [2.24, 2.45) is 0 Å². The third-order valence-electron chi connectivity index (χ3n) is 3.53. The number of carboxylic acids is 1. The number of nitrogens with zero attached hydrogens (tertiary/aromatic N) is 1. The summed E-state index contributed by atoms with van der Waals surface area (Å²) in [6, 6.07) is 8.90. The fraction of sp³-hybridized carbons (Fsp3) is 0.133. The van der Waals surface area contributed by atoms with Crippen LogP contribution >= 0.6 is 0 Å². The molecule has 1 aliphatic heterocycles. The van der Waals surface area contributed by atoms with Gasteiger partial charge in [-0.3, -0.25) is 14.5 Å². The number of amides is 2. The molecule has 0 aromatic heterocycles. The zero-order valence-electron chi connectivity index (χ0n) is 10.6. The number of carbonyl (C=O) groups is 3. The topological polar surface area (TPSA) is 77.5 Å². The maximum atomic E-state index is 12.4. The molecule has 2 aromatic carbocycles. The highest BCUT2D eigenvalue weighted by Gasteiger charge is 2.35. The fourth-order valence-corrected chi connectivity index (χ4v) is 2.51. The summed E-state index contributed by atoms with van der Waals surface area (Å²) in [6.45, 7) is 1.26. The minimum atomic E-state index is -1.46. The van der Waals surface area contributed by atoms with E-state index >= 15 is 0 Å². The van der Waals surface area contributed by atoms with Gasteiger partial charge in [-0.1, -0.05) is 24.3 Å². The van der Waals surface area contributed by atoms with Crippen LogP contribution in [0.15, 0.2) is 36.4 Å². The molecule has 0 N–H and O–H groups in total. The van der Waals surface area contributed by atoms with Crippen LogP contribution in [0.5, 0.6) is 0 Å². The van der Waals surface area contributed by atoms with E-state index in [9.17, 15) is 19.5 Å². The normalized spacial score (nSPS) is 15.6. The van der Waals surface area contributed by atoms with Crippen LogP contribution in [0.25, 0.3) is 10.8 Å². The quantitative estimate of drug-likeness (QED) is 0.746. The van der Waals surface area contributed by atoms with E-state index in [4.69, 9.17) is 0 Å². The van der Waals surface area contributed by atoms with Crippen LogP contribution in [-0.2, 0) is 4.79 Å². The largest absolute Gasteiger partial charge is 0.548 e. The molecule has 5 nitrogen and oxygen atoms in total. The molecule has 1 heterocycles. The second kappa shape index (κ2) is 4.16. The summed E-state index contributed by atoms with van der Waals surface area (Å²) >= 11 is 0. The van der Waals surface area contributed by atoms with E-state index in [2.05, 4.69) is 0 Å². The van der Waals surface area contributed by atoms with Gasteiger partial charge in [0.15, 0.2) is 0 Å². The Morgan fingerprint density at radius 3 is 2.00 bits per heavy atom. The summed E-state index contributed by atoms with van der Waals surface area (Å²) in [5, 5.41) is 12.3. The predicted octanol–water partition coefficient (Wildman–Crippen LogP) is 0.574. The van der Waals surface area contributed by atoms with E-state index < -0.39 is 23.8 Å². The molecular formula is C15H10NO4-. The molecule has 0 bridgehead atoms. The third kappa shape index (κ3) is 1.53. The second-order valence-corrected chi connectivity index (χ2v) is 4.68. The van der Waals surface area contributed by atoms with Crippen LogP contribution < -0.4 is 5.11 Å². The van der Waals surface area contributed by atoms with Crippen LogP contribution in [0.3, 0.4) is 0 Å². The Kier molecular flexibility index (Phi) is 2.57. The number of aliphatic carboxylic acids is 1. The van der Waals surface area contributed by atoms with Crippen molar-refractivity contribution in [3.05, 3.63) is 47.5 Å². The SMILES string of the molecule is C[C@H](C(=O)[O-])N1C(=O)c2cccc3cccc(c23)C1=O. The highest BCUT2D eigenvalue weighted by Crippen LogP contribution is 2.30. The molecule has 5 heteroatoms. The Labute approximate surface area is 114 Å². The van der Waals surface area contributed by atoms with Gasteiger partial charge >= 0.3 is 0 Å². The van der Waals surface area contributed by atoms with Crippen molar-refractivity contribution in [1.82, 2.24) is 4.90 Å². The smallest absolute Gasteiger partial charge is 0.262 e. The molecule has 1 atom stereocenters. The van der Waals surface area contributed by atoms with Crippen LogP contribution in [0.4, 0.5) is 0 Å². The minimum Gasteiger partial charge on any atom is -0.548 e. The first-order chi connectivity index (χ1) is 9.52. The van der Waals surface area contributed by atoms with Gasteiger partial charge in [0, 0.05) is 16.5 Å². The van der Waals surface area contributed by atoms with Crippen LogP contribution in [0.2, 0.25) is 0 Å². The molecule has 3 rings (SSSR count). The van der Waals surface area contributed by atoms with Gasteiger partial charge in [0.2, 0.25) is 0 Å². The zero-order chi connectivity index (χ0) is 14.4. The summed E-state index contributed by atoms with van der Waals surface area (Å²) in [5.41, 5.74) is 0.677. The summed E-state index contributed by atoms with van der Waals surface area (Å²) in [5.74, 6) is -2.66. The average Bonchev–Trinajstić information content (AvgIpc) is 2.44. The molecule has 2 amide bonds. The average molecular weight is 268 g/mol. The predicted molar refractivity (Wildman–Crippen MR) is 68.9 cm³/mol. The van der Waals surface area contributed by atoms with Crippen molar-refractivity contribution in [2.45, 2.75) is 13.0 Å². The van der Waals surface area contributed by atoms with Gasteiger partial charge in [-0.25, -0.2) is 0 Å². The maximum absolute atomic E-state index is 12.4. The summed E-state index contributed by atoms with van der Waals surface area (Å²) in [7, 11) is 0. The number of hydrogen-bond donors (Lipinski definition) is 0. The molecule has 0 spiro atoms. The zero-order valence-corrected chi connectivity index (χ0v) is 10.6. The van der Waals surface area contributed by atoms with E-state index in [1.165, 1.54) is 6.92 Å². The van der Waals surface area contributed by atoms with Gasteiger partial charge in [-0.05, 0) is 24.4 Å². The van der Waals surface area contributed by atoms with E-state index in [0.717, 1.165) is 10.3 Å². The lowest BCUT2D eigenvalue weighted by Gasteiger charge is -2.32. The lowest BCUT2D eigenvalue weighted by atomic mass is 9.93. The molecule has 0 aliphatic carbocycles. The van der Waals surface area contributed by atoms with Crippen molar-refractivity contribution in [2.75, 3.05) is 0 Å². The van der Waals surface area contributed by atoms with Gasteiger partial charge in [0.1, 0.15) is 0 Å². The standard InChI is InChI=1S/C15H11NO4/c1-8(15(19)20)16-13(17)10-6-2-4-9-5-3-7-11(12(9)10)14(16)18/h2-8H,1H3,(H,19,20)/p-1/t8-/m1/s1. The molecule has 2 aromatic rings. The first kappa shape index (κ1) is 12.3. The van der Waals surface area contributed by atoms with Crippen molar-refractivity contribution < 1.29 is 19.5 Å². The number of carbonyl (C=O) groups excluding carboxylic acids is 3. The monoisotopic (exact) mass is 268 g/mol. The summed E-state index contributed by atoms with van der Waals surface area (Å²) < 4.78 is 0. The van der Waals surface area contributed by atoms with Crippen molar-refractivity contribution in [3.63, 3.8) is 0 Å². The molecule has 0 radical (unpaired) electrons. The van der Waals surface area contributed by atoms with Gasteiger partial charge < -0.3 is 9.90 Å². The Morgan fingerprint density at radius 2 is 1.55 bits per heavy atom. The number of rotatable bonds is 2. The minimum absolute atomic E-state index is 0.339. The highest BCUT2D eigenvalue weighted by atomic mass is 16.4. The lowest BCUT2D eigenvalue weighted by molar-refractivity contribution is -0.309. The van der Waals surface area contributed by atoms with Gasteiger partial charge in [-0.15, -0.1) is 0 Å². The summed E-state index contributed by atoms with van der Waals surface area (Å²) in [4.78, 5) is 36.5. The van der Waals surface area contributed by atoms with Crippen LogP contribution in [-0.4, -0.2) is 28.7 Å². The van der Waals surface area contributed by atoms with E-state index in [-0.39, 0.29) is 0 Å². The van der Waals surface area contributed by atoms with Crippen LogP contribution in [0, 0.1) is 0 Å². The third-order valence-corrected chi connectivity index (χ3v) is 3.53. The fourth-order valence-electron chi connectivity index (χ4n) is 2.51. The second-order valence-electron chi connectivity index (χ2n) is 4.68. The Balaban J connectivity index is 2.29. The first-order valence-corrected chi connectivity index (χ1v) is 6.13. The molecule has 0 fully saturated rings. The van der Waals surface area contributed by atoms with Crippen molar-refractivity contribution >= 4 is 28.6 Å². The van der Waals surface area contributed by atoms with E-state index in [1.54, 1.807) is 36.4 Å². The molecule has 0 unspecified atom stereocenters. The number of carboxylic acid groups (broad SMARTS) is 1. The molecule has 0 saturated heterocycles. The highest BCUT2D eigenvalue weighted by molar-refractivity contribution is 6.26. The Bertz CT molecular complexity index is 715. The van der Waals surface area contributed by atoms with E-state index in [1.807, 2.05) is 0 Å². The molecule has 0 saturated carbocycles. The molecule has 20 heavy (non-hydrogen) atoms. The van der Waals surface area contributed by atoms with Gasteiger partial charge in [0.05, 0.1) is 12.0 Å².